The van der Waals surface area contributed by atoms with Gasteiger partial charge >= 0.3 is 0 Å². The maximum atomic E-state index is 10.1. The van der Waals surface area contributed by atoms with Crippen molar-refractivity contribution >= 4 is 15.9 Å². The van der Waals surface area contributed by atoms with Crippen LogP contribution in [0.15, 0.2) is 22.7 Å². The maximum absolute atomic E-state index is 10.1. The third-order valence-electron chi connectivity index (χ3n) is 3.50. The topological polar surface area (TPSA) is 23.5 Å². The Morgan fingerprint density at radius 3 is 2.37 bits per heavy atom. The van der Waals surface area contributed by atoms with E-state index >= 15 is 0 Å². The Morgan fingerprint density at radius 2 is 1.84 bits per heavy atom. The Bertz CT molecular complexity index is 388. The number of halogens is 1. The summed E-state index contributed by atoms with van der Waals surface area (Å²) in [5.41, 5.74) is 1.00. The lowest BCUT2D eigenvalue weighted by Gasteiger charge is -2.32. The number of para-hydroxylation sites is 1. The minimum atomic E-state index is 0.377. The first-order chi connectivity index (χ1) is 8.99. The second-order valence-corrected chi connectivity index (χ2v) is 6.40. The molecule has 1 N–H and O–H groups in total. The summed E-state index contributed by atoms with van der Waals surface area (Å²) in [7, 11) is 0. The van der Waals surface area contributed by atoms with Crippen LogP contribution >= 0.6 is 15.9 Å². The van der Waals surface area contributed by atoms with Crippen LogP contribution in [0, 0.1) is 5.92 Å². The molecule has 0 aliphatic rings. The smallest absolute Gasteiger partial charge is 0.134 e. The highest BCUT2D eigenvalue weighted by molar-refractivity contribution is 9.10. The van der Waals surface area contributed by atoms with Gasteiger partial charge in [0, 0.05) is 24.7 Å². The summed E-state index contributed by atoms with van der Waals surface area (Å²) in [5, 5.41) is 10.1. The first-order valence-electron chi connectivity index (χ1n) is 7.19. The highest BCUT2D eigenvalue weighted by atomic mass is 79.9. The standard InChI is InChI=1S/C16H26BrNO/c1-5-14(6-2)18(10-12(3)4)11-13-8-7-9-15(17)16(13)19/h7-9,12,14,19H,5-6,10-11H2,1-4H3. The number of nitrogens with zero attached hydrogens (tertiary/aromatic N) is 1. The third kappa shape index (κ3) is 4.81. The average molecular weight is 328 g/mol. The molecule has 0 aliphatic heterocycles. The molecular weight excluding hydrogens is 302 g/mol. The van der Waals surface area contributed by atoms with Crippen molar-refractivity contribution in [1.82, 2.24) is 4.90 Å². The van der Waals surface area contributed by atoms with E-state index in [-0.39, 0.29) is 0 Å². The second kappa shape index (κ2) is 7.91. The number of phenols is 1. The van der Waals surface area contributed by atoms with Gasteiger partial charge in [-0.15, -0.1) is 0 Å². The minimum Gasteiger partial charge on any atom is -0.506 e. The van der Waals surface area contributed by atoms with E-state index in [2.05, 4.69) is 48.5 Å². The van der Waals surface area contributed by atoms with Gasteiger partial charge in [0.05, 0.1) is 4.47 Å². The van der Waals surface area contributed by atoms with Crippen LogP contribution in [-0.2, 0) is 6.54 Å². The highest BCUT2D eigenvalue weighted by Crippen LogP contribution is 2.29. The summed E-state index contributed by atoms with van der Waals surface area (Å²) in [4.78, 5) is 2.49. The molecule has 3 heteroatoms. The molecule has 0 saturated carbocycles. The molecule has 19 heavy (non-hydrogen) atoms. The zero-order valence-electron chi connectivity index (χ0n) is 12.5. The molecule has 1 aromatic carbocycles. The number of rotatable bonds is 7. The van der Waals surface area contributed by atoms with Gasteiger partial charge in [0.2, 0.25) is 0 Å². The molecule has 0 fully saturated rings. The third-order valence-corrected chi connectivity index (χ3v) is 4.14. The SMILES string of the molecule is CCC(CC)N(Cc1cccc(Br)c1O)CC(C)C. The molecule has 0 amide bonds. The number of hydrogen-bond donors (Lipinski definition) is 1. The lowest BCUT2D eigenvalue weighted by atomic mass is 10.1. The van der Waals surface area contributed by atoms with E-state index in [1.807, 2.05) is 18.2 Å². The zero-order valence-corrected chi connectivity index (χ0v) is 14.1. The highest BCUT2D eigenvalue weighted by Gasteiger charge is 2.18. The van der Waals surface area contributed by atoms with Crippen LogP contribution in [0.4, 0.5) is 0 Å². The Labute approximate surface area is 126 Å². The molecular formula is C16H26BrNO. The van der Waals surface area contributed by atoms with E-state index in [4.69, 9.17) is 0 Å². The molecule has 0 saturated heterocycles. The van der Waals surface area contributed by atoms with E-state index < -0.39 is 0 Å². The molecule has 108 valence electrons. The van der Waals surface area contributed by atoms with Gasteiger partial charge in [0.25, 0.3) is 0 Å². The van der Waals surface area contributed by atoms with Gasteiger partial charge in [0.15, 0.2) is 0 Å². The van der Waals surface area contributed by atoms with Crippen LogP contribution in [0.25, 0.3) is 0 Å². The van der Waals surface area contributed by atoms with Gasteiger partial charge in [-0.05, 0) is 40.8 Å². The normalized spacial score (nSPS) is 11.8. The Hall–Kier alpha value is -0.540. The van der Waals surface area contributed by atoms with Crippen molar-refractivity contribution < 1.29 is 5.11 Å². The fourth-order valence-corrected chi connectivity index (χ4v) is 2.93. The number of phenolic OH excluding ortho intramolecular Hbond substituents is 1. The number of hydrogen-bond acceptors (Lipinski definition) is 2. The summed E-state index contributed by atoms with van der Waals surface area (Å²) in [6, 6.07) is 6.46. The predicted octanol–water partition coefficient (Wildman–Crippen LogP) is 4.80. The molecule has 1 rings (SSSR count). The van der Waals surface area contributed by atoms with Gasteiger partial charge < -0.3 is 5.11 Å². The van der Waals surface area contributed by atoms with E-state index in [9.17, 15) is 5.11 Å². The van der Waals surface area contributed by atoms with Crippen molar-refractivity contribution in [3.8, 4) is 5.75 Å². The maximum Gasteiger partial charge on any atom is 0.134 e. The van der Waals surface area contributed by atoms with Crippen LogP contribution in [0.5, 0.6) is 5.75 Å². The molecule has 0 unspecified atom stereocenters. The van der Waals surface area contributed by atoms with Gasteiger partial charge in [0.1, 0.15) is 5.75 Å². The fraction of sp³-hybridized carbons (Fsp3) is 0.625. The van der Waals surface area contributed by atoms with Crippen molar-refractivity contribution in [1.29, 1.82) is 0 Å². The van der Waals surface area contributed by atoms with Crippen molar-refractivity contribution in [3.63, 3.8) is 0 Å². The molecule has 0 heterocycles. The van der Waals surface area contributed by atoms with E-state index in [0.717, 1.165) is 36.0 Å². The molecule has 0 radical (unpaired) electrons. The zero-order chi connectivity index (χ0) is 14.4. The summed E-state index contributed by atoms with van der Waals surface area (Å²) in [5.74, 6) is 1.01. The first kappa shape index (κ1) is 16.5. The van der Waals surface area contributed by atoms with Crippen LogP contribution < -0.4 is 0 Å². The summed E-state index contributed by atoms with van der Waals surface area (Å²) in [6.45, 7) is 10.9. The lowest BCUT2D eigenvalue weighted by molar-refractivity contribution is 0.156. The molecule has 1 aromatic rings. The largest absolute Gasteiger partial charge is 0.506 e. The van der Waals surface area contributed by atoms with Crippen molar-refractivity contribution in [3.05, 3.63) is 28.2 Å². The van der Waals surface area contributed by atoms with E-state index in [1.165, 1.54) is 0 Å². The molecule has 0 bridgehead atoms. The molecule has 0 aromatic heterocycles. The van der Waals surface area contributed by atoms with E-state index in [1.54, 1.807) is 0 Å². The van der Waals surface area contributed by atoms with Gasteiger partial charge in [-0.1, -0.05) is 39.8 Å². The first-order valence-corrected chi connectivity index (χ1v) is 7.99. The average Bonchev–Trinajstić information content (AvgIpc) is 2.35. The van der Waals surface area contributed by atoms with Crippen LogP contribution in [0.1, 0.15) is 46.1 Å². The lowest BCUT2D eigenvalue weighted by Crippen LogP contribution is -2.36. The molecule has 0 atom stereocenters. The summed E-state index contributed by atoms with van der Waals surface area (Å²) < 4.78 is 0.777. The molecule has 0 spiro atoms. The predicted molar refractivity (Wildman–Crippen MR) is 85.4 cm³/mol. The second-order valence-electron chi connectivity index (χ2n) is 5.54. The quantitative estimate of drug-likeness (QED) is 0.777. The summed E-state index contributed by atoms with van der Waals surface area (Å²) in [6.07, 6.45) is 2.30. The van der Waals surface area contributed by atoms with E-state index in [0.29, 0.717) is 17.7 Å². The van der Waals surface area contributed by atoms with Crippen molar-refractivity contribution in [2.24, 2.45) is 5.92 Å². The Morgan fingerprint density at radius 1 is 1.21 bits per heavy atom. The van der Waals surface area contributed by atoms with Crippen LogP contribution in [0.2, 0.25) is 0 Å². The van der Waals surface area contributed by atoms with Crippen molar-refractivity contribution in [2.75, 3.05) is 6.54 Å². The Balaban J connectivity index is 2.90. The van der Waals surface area contributed by atoms with Gasteiger partial charge in [-0.25, -0.2) is 0 Å². The van der Waals surface area contributed by atoms with Crippen molar-refractivity contribution in [2.45, 2.75) is 53.1 Å². The Kier molecular flexibility index (Phi) is 6.87. The summed E-state index contributed by atoms with van der Waals surface area (Å²) >= 11 is 3.39. The minimum absolute atomic E-state index is 0.377. The number of benzene rings is 1. The molecule has 0 aliphatic carbocycles. The monoisotopic (exact) mass is 327 g/mol. The fourth-order valence-electron chi connectivity index (χ4n) is 2.52. The van der Waals surface area contributed by atoms with Crippen LogP contribution in [0.3, 0.4) is 0 Å². The number of aromatic hydroxyl groups is 1. The van der Waals surface area contributed by atoms with Crippen LogP contribution in [-0.4, -0.2) is 22.6 Å². The van der Waals surface area contributed by atoms with Gasteiger partial charge in [-0.3, -0.25) is 4.90 Å². The van der Waals surface area contributed by atoms with Gasteiger partial charge in [-0.2, -0.15) is 0 Å². The molecule has 2 nitrogen and oxygen atoms in total.